The van der Waals surface area contributed by atoms with Crippen molar-refractivity contribution in [2.24, 2.45) is 17.8 Å². The van der Waals surface area contributed by atoms with Gasteiger partial charge in [0.15, 0.2) is 0 Å². The average Bonchev–Trinajstić information content (AvgIpc) is 2.68. The second-order valence-electron chi connectivity index (χ2n) is 7.49. The zero-order chi connectivity index (χ0) is 18.7. The van der Waals surface area contributed by atoms with Crippen molar-refractivity contribution in [3.05, 3.63) is 36.5 Å². The third kappa shape index (κ3) is 7.26. The van der Waals surface area contributed by atoms with Crippen molar-refractivity contribution >= 4 is 0 Å². The second kappa shape index (κ2) is 12.2. The molecule has 2 nitrogen and oxygen atoms in total. The second-order valence-corrected chi connectivity index (χ2v) is 7.49. The van der Waals surface area contributed by atoms with E-state index in [1.807, 2.05) is 13.8 Å². The number of hydrogen-bond donors (Lipinski definition) is 0. The van der Waals surface area contributed by atoms with Crippen LogP contribution in [0.2, 0.25) is 0 Å². The summed E-state index contributed by atoms with van der Waals surface area (Å²) in [6.07, 6.45) is 11.6. The summed E-state index contributed by atoms with van der Waals surface area (Å²) in [4.78, 5) is 0. The Hall–Kier alpha value is -1.24. The first-order valence-electron chi connectivity index (χ1n) is 10.1. The topological polar surface area (TPSA) is 29.1 Å². The Morgan fingerprint density at radius 1 is 0.800 bits per heavy atom. The molecule has 2 aliphatic rings. The zero-order valence-electron chi connectivity index (χ0n) is 16.6. The quantitative estimate of drug-likeness (QED) is 0.440. The molecule has 2 heteroatoms. The number of aryl methyl sites for hydroxylation is 1. The van der Waals surface area contributed by atoms with Crippen molar-refractivity contribution in [1.29, 1.82) is 0 Å². The van der Waals surface area contributed by atoms with Crippen LogP contribution in [0.15, 0.2) is 24.3 Å². The van der Waals surface area contributed by atoms with Gasteiger partial charge in [0.2, 0.25) is 0 Å². The molecule has 3 rings (SSSR count). The third-order valence-corrected chi connectivity index (χ3v) is 5.77. The molecule has 1 aromatic carbocycles. The number of ether oxygens (including phenoxy) is 1. The minimum absolute atomic E-state index is 0.450. The van der Waals surface area contributed by atoms with Gasteiger partial charge in [0, 0.05) is 0 Å². The van der Waals surface area contributed by atoms with E-state index in [2.05, 4.69) is 44.8 Å². The van der Waals surface area contributed by atoms with Crippen LogP contribution < -0.4 is 4.74 Å². The number of rotatable bonds is 3. The van der Waals surface area contributed by atoms with Gasteiger partial charge >= 0.3 is 11.3 Å². The molecule has 0 heterocycles. The Labute approximate surface area is 155 Å². The predicted octanol–water partition coefficient (Wildman–Crippen LogP) is 6.75. The van der Waals surface area contributed by atoms with Crippen LogP contribution in [0.4, 0.5) is 0 Å². The van der Waals surface area contributed by atoms with Gasteiger partial charge in [-0.05, 0) is 75.3 Å². The molecular formula is C23H36O2. The van der Waals surface area contributed by atoms with E-state index in [4.69, 9.17) is 9.39 Å². The summed E-state index contributed by atoms with van der Waals surface area (Å²) in [7, 11) is 0. The van der Waals surface area contributed by atoms with Crippen molar-refractivity contribution in [1.82, 2.24) is 0 Å². The van der Waals surface area contributed by atoms with Crippen molar-refractivity contribution in [3.8, 4) is 5.75 Å². The summed E-state index contributed by atoms with van der Waals surface area (Å²) in [6, 6.07) is 8.52. The predicted molar refractivity (Wildman–Crippen MR) is 104 cm³/mol. The van der Waals surface area contributed by atoms with E-state index in [0.717, 1.165) is 23.5 Å². The Kier molecular flexibility index (Phi) is 10.6. The van der Waals surface area contributed by atoms with Crippen LogP contribution in [-0.4, -0.2) is 6.10 Å². The molecule has 25 heavy (non-hydrogen) atoms. The van der Waals surface area contributed by atoms with E-state index in [1.54, 1.807) is 0 Å². The molecule has 0 radical (unpaired) electrons. The number of benzene rings is 1. The zero-order valence-corrected chi connectivity index (χ0v) is 16.6. The van der Waals surface area contributed by atoms with E-state index >= 15 is 0 Å². The fourth-order valence-corrected chi connectivity index (χ4v) is 4.24. The Balaban J connectivity index is 0.000000730. The van der Waals surface area contributed by atoms with E-state index < -0.39 is 0 Å². The van der Waals surface area contributed by atoms with Crippen LogP contribution in [0.3, 0.4) is 0 Å². The van der Waals surface area contributed by atoms with Crippen molar-refractivity contribution < 1.29 is 9.39 Å². The summed E-state index contributed by atoms with van der Waals surface area (Å²) >= 11 is 0. The maximum absolute atomic E-state index is 7.50. The van der Waals surface area contributed by atoms with E-state index in [-0.39, 0.29) is 0 Å². The Bertz CT molecular complexity index is 461. The number of hydrogen-bond acceptors (Lipinski definition) is 1. The van der Waals surface area contributed by atoms with Crippen molar-refractivity contribution in [3.63, 3.8) is 0 Å². The molecule has 2 aliphatic carbocycles. The molecule has 140 valence electrons. The van der Waals surface area contributed by atoms with E-state index in [1.165, 1.54) is 56.9 Å². The van der Waals surface area contributed by atoms with Crippen LogP contribution in [-0.2, 0) is 4.65 Å². The molecule has 2 fully saturated rings. The molecule has 0 bridgehead atoms. The molecule has 1 aromatic rings. The summed E-state index contributed by atoms with van der Waals surface area (Å²) in [5, 5.41) is 0. The molecule has 0 unspecified atom stereocenters. The van der Waals surface area contributed by atoms with Gasteiger partial charge in [-0.15, -0.1) is 0 Å². The summed E-state index contributed by atoms with van der Waals surface area (Å²) in [6.45, 7) is 13.0. The van der Waals surface area contributed by atoms with Gasteiger partial charge in [0.05, 0.1) is 6.10 Å². The molecule has 0 N–H and O–H groups in total. The van der Waals surface area contributed by atoms with Crippen LogP contribution in [0.25, 0.3) is 0 Å². The summed E-state index contributed by atoms with van der Waals surface area (Å²) in [5.41, 5.74) is 1.30. The SMILES string of the molecule is CC.Cc1ccc(OC2CCC(C3CCC(C)CC3)CC2)cc1.[C-]#[O+]. The fourth-order valence-electron chi connectivity index (χ4n) is 4.24. The standard InChI is InChI=1S/C20H30O.C2H6.CO/c1-15-3-7-17(8-4-15)18-9-13-20(14-10-18)21-19-11-5-16(2)6-12-19;2*1-2/h5-6,11-12,15,17-18,20H,3-4,7-10,13-14H2,1-2H3;1-2H3;. The van der Waals surface area contributed by atoms with Gasteiger partial charge in [-0.2, -0.15) is 0 Å². The molecule has 0 atom stereocenters. The monoisotopic (exact) mass is 344 g/mol. The molecule has 0 amide bonds. The average molecular weight is 345 g/mol. The molecule has 2 saturated carbocycles. The fraction of sp³-hybridized carbons (Fsp3) is 0.696. The first-order chi connectivity index (χ1) is 12.2. The van der Waals surface area contributed by atoms with E-state index in [0.29, 0.717) is 6.10 Å². The summed E-state index contributed by atoms with van der Waals surface area (Å²) < 4.78 is 13.7. The van der Waals surface area contributed by atoms with Crippen LogP contribution in [0.5, 0.6) is 5.75 Å². The van der Waals surface area contributed by atoms with Gasteiger partial charge in [-0.25, -0.2) is 0 Å². The minimum atomic E-state index is 0.450. The van der Waals surface area contributed by atoms with Gasteiger partial charge in [0.25, 0.3) is 0 Å². The molecular weight excluding hydrogens is 308 g/mol. The molecule has 0 aromatic heterocycles. The van der Waals surface area contributed by atoms with Crippen molar-refractivity contribution in [2.45, 2.75) is 85.2 Å². The van der Waals surface area contributed by atoms with E-state index in [9.17, 15) is 0 Å². The Morgan fingerprint density at radius 3 is 1.72 bits per heavy atom. The van der Waals surface area contributed by atoms with Crippen LogP contribution in [0, 0.1) is 31.3 Å². The third-order valence-electron chi connectivity index (χ3n) is 5.77. The van der Waals surface area contributed by atoms with Gasteiger partial charge < -0.3 is 4.74 Å². The first-order valence-corrected chi connectivity index (χ1v) is 10.1. The van der Waals surface area contributed by atoms with Crippen LogP contribution in [0.1, 0.15) is 77.7 Å². The van der Waals surface area contributed by atoms with Gasteiger partial charge in [0.1, 0.15) is 5.75 Å². The van der Waals surface area contributed by atoms with Crippen LogP contribution >= 0.6 is 0 Å². The Morgan fingerprint density at radius 2 is 1.24 bits per heavy atom. The normalized spacial score (nSPS) is 28.6. The first kappa shape index (κ1) is 21.8. The molecule has 0 aliphatic heterocycles. The van der Waals surface area contributed by atoms with Crippen molar-refractivity contribution in [2.75, 3.05) is 0 Å². The van der Waals surface area contributed by atoms with Gasteiger partial charge in [-0.1, -0.05) is 51.3 Å². The molecule has 0 spiro atoms. The molecule has 0 saturated heterocycles. The van der Waals surface area contributed by atoms with Gasteiger partial charge in [-0.3, -0.25) is 0 Å². The summed E-state index contributed by atoms with van der Waals surface area (Å²) in [5.74, 6) is 4.02. The maximum atomic E-state index is 7.50.